The van der Waals surface area contributed by atoms with Crippen molar-refractivity contribution >= 4 is 11.5 Å². The number of fused-ring (bicyclic) bond motifs is 3. The zero-order valence-electron chi connectivity index (χ0n) is 18.6. The average Bonchev–Trinajstić information content (AvgIpc) is 3.24. The first-order chi connectivity index (χ1) is 15.6. The summed E-state index contributed by atoms with van der Waals surface area (Å²) in [4.78, 5) is 9.76. The molecule has 7 heteroatoms. The lowest BCUT2D eigenvalue weighted by Gasteiger charge is -2.36. The molecule has 32 heavy (non-hydrogen) atoms. The van der Waals surface area contributed by atoms with E-state index < -0.39 is 0 Å². The van der Waals surface area contributed by atoms with Gasteiger partial charge in [0.05, 0.1) is 25.2 Å². The molecule has 3 N–H and O–H groups in total. The van der Waals surface area contributed by atoms with Crippen molar-refractivity contribution in [2.45, 2.75) is 31.2 Å². The highest BCUT2D eigenvalue weighted by Gasteiger charge is 2.36. The van der Waals surface area contributed by atoms with E-state index in [9.17, 15) is 10.2 Å². The number of ether oxygens (including phenoxy) is 1. The van der Waals surface area contributed by atoms with Crippen molar-refractivity contribution in [3.05, 3.63) is 47.5 Å². The number of aliphatic imine (C=N–C) groups is 1. The van der Waals surface area contributed by atoms with Crippen LogP contribution in [0.25, 0.3) is 0 Å². The number of phenols is 2. The van der Waals surface area contributed by atoms with Crippen molar-refractivity contribution in [3.63, 3.8) is 0 Å². The van der Waals surface area contributed by atoms with E-state index in [0.717, 1.165) is 81.2 Å². The van der Waals surface area contributed by atoms with Gasteiger partial charge in [-0.2, -0.15) is 0 Å². The van der Waals surface area contributed by atoms with Crippen molar-refractivity contribution in [1.29, 1.82) is 0 Å². The molecule has 1 aliphatic carbocycles. The molecule has 0 amide bonds. The molecule has 0 unspecified atom stereocenters. The smallest absolute Gasteiger partial charge is 0.157 e. The lowest BCUT2D eigenvalue weighted by atomic mass is 9.79. The van der Waals surface area contributed by atoms with Gasteiger partial charge in [0.2, 0.25) is 0 Å². The van der Waals surface area contributed by atoms with Crippen molar-refractivity contribution in [3.8, 4) is 17.2 Å². The number of aryl methyl sites for hydroxylation is 1. The number of nitrogens with one attached hydrogen (secondary N) is 1. The van der Waals surface area contributed by atoms with Gasteiger partial charge in [0.1, 0.15) is 5.75 Å². The third kappa shape index (κ3) is 4.09. The van der Waals surface area contributed by atoms with E-state index in [-0.39, 0.29) is 11.5 Å². The summed E-state index contributed by atoms with van der Waals surface area (Å²) in [5, 5.41) is 23.4. The SMILES string of the molecule is COc1ccccc1N1CCN(CCN=C2C[C@H]3c4cc(O)c(O)cc4CC[C@H]3N2)CC1. The number of rotatable bonds is 5. The highest BCUT2D eigenvalue weighted by Crippen LogP contribution is 2.42. The van der Waals surface area contributed by atoms with E-state index in [0.29, 0.717) is 12.0 Å². The largest absolute Gasteiger partial charge is 0.504 e. The molecule has 0 bridgehead atoms. The van der Waals surface area contributed by atoms with Gasteiger partial charge in [0, 0.05) is 51.1 Å². The normalized spacial score (nSPS) is 24.2. The Bertz CT molecular complexity index is 1000. The Morgan fingerprint density at radius 1 is 1.09 bits per heavy atom. The zero-order chi connectivity index (χ0) is 22.1. The third-order valence-corrected chi connectivity index (χ3v) is 7.13. The topological polar surface area (TPSA) is 80.6 Å². The van der Waals surface area contributed by atoms with E-state index in [2.05, 4.69) is 27.2 Å². The van der Waals surface area contributed by atoms with Gasteiger partial charge in [0.25, 0.3) is 0 Å². The van der Waals surface area contributed by atoms with Gasteiger partial charge in [-0.25, -0.2) is 0 Å². The average molecular weight is 437 g/mol. The Hall–Kier alpha value is -2.93. The number of amidine groups is 1. The molecule has 0 radical (unpaired) electrons. The number of phenolic OH excluding ortho intramolecular Hbond substituents is 2. The molecule has 2 heterocycles. The number of nitrogens with zero attached hydrogens (tertiary/aromatic N) is 3. The standard InChI is InChI=1S/C25H32N4O3/c1-32-24-5-3-2-4-21(24)29-12-10-28(11-13-29)9-8-26-25-16-19-18-15-23(31)22(30)14-17(18)6-7-20(19)27-25/h2-5,14-15,19-20,30-31H,6-13,16H2,1H3,(H,26,27)/t19-,20+/m0/s1. The lowest BCUT2D eigenvalue weighted by molar-refractivity contribution is 0.264. The van der Waals surface area contributed by atoms with Crippen LogP contribution in [0, 0.1) is 0 Å². The summed E-state index contributed by atoms with van der Waals surface area (Å²) >= 11 is 0. The number of hydrogen-bond acceptors (Lipinski definition) is 6. The molecule has 2 aliphatic heterocycles. The maximum atomic E-state index is 9.95. The van der Waals surface area contributed by atoms with Gasteiger partial charge in [-0.05, 0) is 48.2 Å². The summed E-state index contributed by atoms with van der Waals surface area (Å²) in [6.07, 6.45) is 2.83. The molecule has 170 valence electrons. The fraction of sp³-hybridized carbons (Fsp3) is 0.480. The Morgan fingerprint density at radius 3 is 2.69 bits per heavy atom. The summed E-state index contributed by atoms with van der Waals surface area (Å²) in [7, 11) is 1.73. The van der Waals surface area contributed by atoms with Crippen LogP contribution in [0.3, 0.4) is 0 Å². The Kier molecular flexibility index (Phi) is 5.83. The Balaban J connectivity index is 1.14. The lowest BCUT2D eigenvalue weighted by Crippen LogP contribution is -2.47. The summed E-state index contributed by atoms with van der Waals surface area (Å²) in [5.74, 6) is 2.29. The maximum absolute atomic E-state index is 9.95. The number of methoxy groups -OCH3 is 1. The number of piperazine rings is 1. The molecule has 2 atom stereocenters. The predicted molar refractivity (Wildman–Crippen MR) is 126 cm³/mol. The second kappa shape index (κ2) is 8.90. The fourth-order valence-corrected chi connectivity index (χ4v) is 5.37. The van der Waals surface area contributed by atoms with Crippen LogP contribution in [0.1, 0.15) is 29.9 Å². The Labute approximate surface area is 189 Å². The van der Waals surface area contributed by atoms with Gasteiger partial charge in [0.15, 0.2) is 11.5 Å². The van der Waals surface area contributed by atoms with Crippen LogP contribution in [0.15, 0.2) is 41.4 Å². The van der Waals surface area contributed by atoms with Crippen LogP contribution in [0.2, 0.25) is 0 Å². The number of hydrogen-bond donors (Lipinski definition) is 3. The molecule has 2 aromatic rings. The van der Waals surface area contributed by atoms with Crippen LogP contribution in [0.4, 0.5) is 5.69 Å². The summed E-state index contributed by atoms with van der Waals surface area (Å²) in [5.41, 5.74) is 3.48. The molecule has 2 saturated heterocycles. The summed E-state index contributed by atoms with van der Waals surface area (Å²) in [6, 6.07) is 12.1. The molecule has 0 saturated carbocycles. The number of anilines is 1. The molecular formula is C25H32N4O3. The molecule has 0 aromatic heterocycles. The van der Waals surface area contributed by atoms with E-state index in [1.165, 1.54) is 5.69 Å². The van der Waals surface area contributed by atoms with E-state index in [1.54, 1.807) is 19.2 Å². The van der Waals surface area contributed by atoms with Crippen molar-refractivity contribution in [2.75, 3.05) is 51.3 Å². The number of aromatic hydroxyl groups is 2. The van der Waals surface area contributed by atoms with Crippen molar-refractivity contribution < 1.29 is 14.9 Å². The molecular weight excluding hydrogens is 404 g/mol. The van der Waals surface area contributed by atoms with Crippen LogP contribution in [-0.4, -0.2) is 73.4 Å². The molecule has 5 rings (SSSR count). The van der Waals surface area contributed by atoms with Crippen LogP contribution in [-0.2, 0) is 6.42 Å². The van der Waals surface area contributed by atoms with Gasteiger partial charge in [-0.1, -0.05) is 12.1 Å². The van der Waals surface area contributed by atoms with E-state index >= 15 is 0 Å². The molecule has 2 aromatic carbocycles. The van der Waals surface area contributed by atoms with Gasteiger partial charge >= 0.3 is 0 Å². The molecule has 2 fully saturated rings. The van der Waals surface area contributed by atoms with Gasteiger partial charge < -0.3 is 25.2 Å². The van der Waals surface area contributed by atoms with Crippen LogP contribution in [0.5, 0.6) is 17.2 Å². The molecule has 0 spiro atoms. The zero-order valence-corrected chi connectivity index (χ0v) is 18.6. The van der Waals surface area contributed by atoms with Crippen molar-refractivity contribution in [1.82, 2.24) is 10.2 Å². The highest BCUT2D eigenvalue weighted by molar-refractivity contribution is 5.86. The molecule has 3 aliphatic rings. The molecule has 7 nitrogen and oxygen atoms in total. The summed E-state index contributed by atoms with van der Waals surface area (Å²) in [6.45, 7) is 5.80. The first-order valence-corrected chi connectivity index (χ1v) is 11.6. The van der Waals surface area contributed by atoms with Crippen LogP contribution < -0.4 is 15.0 Å². The monoisotopic (exact) mass is 436 g/mol. The third-order valence-electron chi connectivity index (χ3n) is 7.13. The van der Waals surface area contributed by atoms with Gasteiger partial charge in [-0.15, -0.1) is 0 Å². The maximum Gasteiger partial charge on any atom is 0.157 e. The minimum Gasteiger partial charge on any atom is -0.504 e. The second-order valence-electron chi connectivity index (χ2n) is 8.97. The fourth-order valence-electron chi connectivity index (χ4n) is 5.37. The minimum atomic E-state index is -0.0259. The van der Waals surface area contributed by atoms with E-state index in [1.807, 2.05) is 12.1 Å². The van der Waals surface area contributed by atoms with Gasteiger partial charge in [-0.3, -0.25) is 9.89 Å². The first kappa shape index (κ1) is 20.9. The highest BCUT2D eigenvalue weighted by atomic mass is 16.5. The quantitative estimate of drug-likeness (QED) is 0.626. The summed E-state index contributed by atoms with van der Waals surface area (Å²) < 4.78 is 5.52. The first-order valence-electron chi connectivity index (χ1n) is 11.6. The Morgan fingerprint density at radius 2 is 1.88 bits per heavy atom. The number of para-hydroxylation sites is 2. The van der Waals surface area contributed by atoms with Crippen LogP contribution >= 0.6 is 0 Å². The number of benzene rings is 2. The van der Waals surface area contributed by atoms with E-state index in [4.69, 9.17) is 9.73 Å². The second-order valence-corrected chi connectivity index (χ2v) is 8.97. The minimum absolute atomic E-state index is 0.0205. The predicted octanol–water partition coefficient (Wildman–Crippen LogP) is 2.72. The van der Waals surface area contributed by atoms with Crippen molar-refractivity contribution in [2.24, 2.45) is 4.99 Å².